The van der Waals surface area contributed by atoms with Gasteiger partial charge in [0.1, 0.15) is 0 Å². The number of aromatic nitrogens is 4. The zero-order valence-corrected chi connectivity index (χ0v) is 12.0. The van der Waals surface area contributed by atoms with Crippen LogP contribution in [-0.4, -0.2) is 19.9 Å². The summed E-state index contributed by atoms with van der Waals surface area (Å²) >= 11 is 0. The summed E-state index contributed by atoms with van der Waals surface area (Å²) in [5.41, 5.74) is 1.12. The highest BCUT2D eigenvalue weighted by Gasteiger charge is 2.47. The number of nitrogens with zero attached hydrogens (tertiary/aromatic N) is 4. The van der Waals surface area contributed by atoms with E-state index in [4.69, 9.17) is 4.52 Å². The average molecular weight is 272 g/mol. The van der Waals surface area contributed by atoms with Gasteiger partial charge < -0.3 is 4.52 Å². The molecule has 2 heterocycles. The van der Waals surface area contributed by atoms with E-state index in [9.17, 15) is 0 Å². The Labute approximate surface area is 118 Å². The van der Waals surface area contributed by atoms with Gasteiger partial charge in [-0.05, 0) is 31.6 Å². The number of hydrogen-bond acceptors (Lipinski definition) is 4. The van der Waals surface area contributed by atoms with Crippen LogP contribution < -0.4 is 0 Å². The van der Waals surface area contributed by atoms with Crippen molar-refractivity contribution < 1.29 is 4.52 Å². The minimum Gasteiger partial charge on any atom is -0.339 e. The van der Waals surface area contributed by atoms with Crippen molar-refractivity contribution in [1.82, 2.24) is 19.9 Å². The van der Waals surface area contributed by atoms with E-state index in [2.05, 4.69) is 22.2 Å². The molecule has 0 aromatic carbocycles. The van der Waals surface area contributed by atoms with Crippen LogP contribution in [0.25, 0.3) is 0 Å². The standard InChI is InChI=1S/C15H20N4O/c1-9(11-7-16-19(2)8-11)15-17-14(18-20-15)12-5-3-4-10-6-13(10)12/h7-10,12-13H,3-6H2,1-2H3. The zero-order valence-electron chi connectivity index (χ0n) is 12.0. The maximum Gasteiger partial charge on any atom is 0.234 e. The molecule has 2 fully saturated rings. The molecule has 2 aliphatic carbocycles. The first kappa shape index (κ1) is 12.1. The van der Waals surface area contributed by atoms with Crippen LogP contribution in [0.4, 0.5) is 0 Å². The summed E-state index contributed by atoms with van der Waals surface area (Å²) in [7, 11) is 1.92. The van der Waals surface area contributed by atoms with Gasteiger partial charge in [0.2, 0.25) is 5.89 Å². The molecule has 0 amide bonds. The average Bonchev–Trinajstić information content (AvgIpc) is 2.88. The second-order valence-electron chi connectivity index (χ2n) is 6.36. The fourth-order valence-electron chi connectivity index (χ4n) is 3.61. The molecular formula is C15H20N4O. The Morgan fingerprint density at radius 2 is 2.30 bits per heavy atom. The van der Waals surface area contributed by atoms with Crippen LogP contribution in [0, 0.1) is 11.8 Å². The normalized spacial score (nSPS) is 30.0. The lowest BCUT2D eigenvalue weighted by molar-refractivity contribution is 0.347. The second kappa shape index (κ2) is 4.43. The molecule has 4 rings (SSSR count). The van der Waals surface area contributed by atoms with Gasteiger partial charge in [-0.1, -0.05) is 18.0 Å². The van der Waals surface area contributed by atoms with E-state index in [0.717, 1.165) is 29.1 Å². The van der Waals surface area contributed by atoms with Crippen molar-refractivity contribution in [3.8, 4) is 0 Å². The van der Waals surface area contributed by atoms with Gasteiger partial charge in [-0.2, -0.15) is 10.1 Å². The van der Waals surface area contributed by atoms with E-state index in [0.29, 0.717) is 5.92 Å². The van der Waals surface area contributed by atoms with E-state index in [1.807, 2.05) is 19.4 Å². The van der Waals surface area contributed by atoms with Crippen molar-refractivity contribution in [1.29, 1.82) is 0 Å². The largest absolute Gasteiger partial charge is 0.339 e. The summed E-state index contributed by atoms with van der Waals surface area (Å²) in [5.74, 6) is 4.06. The van der Waals surface area contributed by atoms with E-state index in [1.165, 1.54) is 25.7 Å². The summed E-state index contributed by atoms with van der Waals surface area (Å²) in [4.78, 5) is 4.68. The third-order valence-corrected chi connectivity index (χ3v) is 4.97. The van der Waals surface area contributed by atoms with Crippen LogP contribution in [0.3, 0.4) is 0 Å². The van der Waals surface area contributed by atoms with Crippen LogP contribution in [-0.2, 0) is 7.05 Å². The van der Waals surface area contributed by atoms with E-state index in [-0.39, 0.29) is 5.92 Å². The number of hydrogen-bond donors (Lipinski definition) is 0. The van der Waals surface area contributed by atoms with E-state index < -0.39 is 0 Å². The molecule has 0 radical (unpaired) electrons. The van der Waals surface area contributed by atoms with Gasteiger partial charge in [0, 0.05) is 24.7 Å². The minimum absolute atomic E-state index is 0.114. The van der Waals surface area contributed by atoms with Gasteiger partial charge in [-0.3, -0.25) is 4.68 Å². The number of aryl methyl sites for hydroxylation is 1. The van der Waals surface area contributed by atoms with Gasteiger partial charge in [0.15, 0.2) is 5.82 Å². The molecule has 0 aliphatic heterocycles. The topological polar surface area (TPSA) is 56.7 Å². The predicted molar refractivity (Wildman–Crippen MR) is 73.2 cm³/mol. The molecule has 2 aliphatic rings. The van der Waals surface area contributed by atoms with Gasteiger partial charge in [0.25, 0.3) is 0 Å². The molecule has 5 heteroatoms. The lowest BCUT2D eigenvalue weighted by Crippen LogP contribution is -2.10. The Hall–Kier alpha value is -1.65. The molecule has 0 bridgehead atoms. The van der Waals surface area contributed by atoms with Gasteiger partial charge in [-0.15, -0.1) is 0 Å². The Morgan fingerprint density at radius 3 is 3.10 bits per heavy atom. The molecule has 106 valence electrons. The maximum atomic E-state index is 5.51. The Kier molecular flexibility index (Phi) is 2.69. The third kappa shape index (κ3) is 1.96. The van der Waals surface area contributed by atoms with E-state index >= 15 is 0 Å². The molecule has 4 atom stereocenters. The van der Waals surface area contributed by atoms with Crippen molar-refractivity contribution in [3.63, 3.8) is 0 Å². The first-order valence-electron chi connectivity index (χ1n) is 7.54. The van der Waals surface area contributed by atoms with Crippen LogP contribution >= 0.6 is 0 Å². The van der Waals surface area contributed by atoms with Crippen molar-refractivity contribution >= 4 is 0 Å². The summed E-state index contributed by atoms with van der Waals surface area (Å²) in [6.45, 7) is 2.09. The molecule has 5 nitrogen and oxygen atoms in total. The van der Waals surface area contributed by atoms with Crippen LogP contribution in [0.1, 0.15) is 61.7 Å². The molecule has 2 aromatic rings. The Bertz CT molecular complexity index is 617. The Morgan fingerprint density at radius 1 is 1.40 bits per heavy atom. The second-order valence-corrected chi connectivity index (χ2v) is 6.36. The highest BCUT2D eigenvalue weighted by molar-refractivity contribution is 5.18. The molecular weight excluding hydrogens is 252 g/mol. The molecule has 0 N–H and O–H groups in total. The number of rotatable bonds is 3. The SMILES string of the molecule is CC(c1cnn(C)c1)c1nc(C2CCCC3CC32)no1. The molecule has 4 unspecified atom stereocenters. The summed E-state index contributed by atoms with van der Waals surface area (Å²) in [5, 5.41) is 8.46. The van der Waals surface area contributed by atoms with Crippen molar-refractivity contribution in [3.05, 3.63) is 29.7 Å². The van der Waals surface area contributed by atoms with Crippen molar-refractivity contribution in [2.45, 2.75) is 44.4 Å². The highest BCUT2D eigenvalue weighted by Crippen LogP contribution is 2.56. The summed E-state index contributed by atoms with van der Waals surface area (Å²) in [6.07, 6.45) is 9.18. The van der Waals surface area contributed by atoms with E-state index in [1.54, 1.807) is 4.68 Å². The lowest BCUT2D eigenvalue weighted by Gasteiger charge is -2.17. The summed E-state index contributed by atoms with van der Waals surface area (Å²) in [6, 6.07) is 0. The minimum atomic E-state index is 0.114. The molecule has 0 spiro atoms. The van der Waals surface area contributed by atoms with Gasteiger partial charge in [-0.25, -0.2) is 0 Å². The first-order valence-corrected chi connectivity index (χ1v) is 7.54. The maximum absolute atomic E-state index is 5.51. The van der Waals surface area contributed by atoms with Crippen LogP contribution in [0.15, 0.2) is 16.9 Å². The molecule has 2 saturated carbocycles. The Balaban J connectivity index is 1.55. The summed E-state index contributed by atoms with van der Waals surface area (Å²) < 4.78 is 7.32. The fraction of sp³-hybridized carbons (Fsp3) is 0.667. The fourth-order valence-corrected chi connectivity index (χ4v) is 3.61. The number of fused-ring (bicyclic) bond motifs is 1. The monoisotopic (exact) mass is 272 g/mol. The van der Waals surface area contributed by atoms with Crippen LogP contribution in [0.2, 0.25) is 0 Å². The lowest BCUT2D eigenvalue weighted by atomic mass is 9.88. The third-order valence-electron chi connectivity index (χ3n) is 4.97. The molecule has 0 saturated heterocycles. The molecule has 2 aromatic heterocycles. The van der Waals surface area contributed by atoms with Gasteiger partial charge in [0.05, 0.1) is 12.1 Å². The van der Waals surface area contributed by atoms with Gasteiger partial charge >= 0.3 is 0 Å². The van der Waals surface area contributed by atoms with Crippen molar-refractivity contribution in [2.75, 3.05) is 0 Å². The molecule has 20 heavy (non-hydrogen) atoms. The first-order chi connectivity index (χ1) is 9.72. The zero-order chi connectivity index (χ0) is 13.7. The van der Waals surface area contributed by atoms with Crippen LogP contribution in [0.5, 0.6) is 0 Å². The highest BCUT2D eigenvalue weighted by atomic mass is 16.5. The quantitative estimate of drug-likeness (QED) is 0.862. The smallest absolute Gasteiger partial charge is 0.234 e. The predicted octanol–water partition coefficient (Wildman–Crippen LogP) is 2.86. The van der Waals surface area contributed by atoms with Crippen molar-refractivity contribution in [2.24, 2.45) is 18.9 Å².